The van der Waals surface area contributed by atoms with Gasteiger partial charge in [-0.2, -0.15) is 0 Å². The highest BCUT2D eigenvalue weighted by Crippen LogP contribution is 2.34. The molecule has 1 aliphatic rings. The van der Waals surface area contributed by atoms with Gasteiger partial charge in [-0.15, -0.1) is 11.3 Å². The van der Waals surface area contributed by atoms with Gasteiger partial charge in [0.25, 0.3) is 5.56 Å². The van der Waals surface area contributed by atoms with Crippen LogP contribution >= 0.6 is 11.3 Å². The molecule has 0 unspecified atom stereocenters. The fraction of sp³-hybridized carbons (Fsp3) is 0.579. The molecule has 0 N–H and O–H groups in total. The van der Waals surface area contributed by atoms with E-state index < -0.39 is 11.6 Å². The number of aliphatic imine (C=N–C) groups is 1. The van der Waals surface area contributed by atoms with Crippen molar-refractivity contribution in [1.82, 2.24) is 9.13 Å². The van der Waals surface area contributed by atoms with Gasteiger partial charge in [0.05, 0.1) is 10.3 Å². The topological polar surface area (TPSA) is 82.7 Å². The number of carbonyl (C=O) groups is 1. The molecule has 0 aromatic carbocycles. The summed E-state index contributed by atoms with van der Waals surface area (Å²) in [5.41, 5.74) is -0.214. The van der Waals surface area contributed by atoms with Crippen LogP contribution < -0.4 is 11.2 Å². The standard InChI is InChI=1S/C19H25N3O4S/c1-6-21-17-15(16(24)22(18(21)25)12-7-8-12)11(2)13(27-17)9-20-10-14(23)26-19(3,4)5/h9,12H,6-8,10H2,1-5H3. The first-order chi connectivity index (χ1) is 12.6. The Balaban J connectivity index is 1.99. The van der Waals surface area contributed by atoms with E-state index in [4.69, 9.17) is 4.74 Å². The average Bonchev–Trinajstić information content (AvgIpc) is 3.31. The van der Waals surface area contributed by atoms with E-state index in [2.05, 4.69) is 4.99 Å². The van der Waals surface area contributed by atoms with Gasteiger partial charge in [0.1, 0.15) is 17.0 Å². The maximum atomic E-state index is 12.9. The largest absolute Gasteiger partial charge is 0.459 e. The smallest absolute Gasteiger partial charge is 0.332 e. The summed E-state index contributed by atoms with van der Waals surface area (Å²) in [4.78, 5) is 43.0. The second-order valence-corrected chi connectivity index (χ2v) is 8.79. The first-order valence-electron chi connectivity index (χ1n) is 9.14. The van der Waals surface area contributed by atoms with E-state index in [1.807, 2.05) is 13.8 Å². The summed E-state index contributed by atoms with van der Waals surface area (Å²) in [6, 6.07) is 0.0239. The lowest BCUT2D eigenvalue weighted by atomic mass is 10.2. The molecule has 1 aliphatic carbocycles. The molecular weight excluding hydrogens is 366 g/mol. The number of rotatable bonds is 5. The third-order valence-corrected chi connectivity index (χ3v) is 5.61. The van der Waals surface area contributed by atoms with Crippen molar-refractivity contribution in [3.63, 3.8) is 0 Å². The van der Waals surface area contributed by atoms with Crippen molar-refractivity contribution in [1.29, 1.82) is 0 Å². The minimum atomic E-state index is -0.550. The summed E-state index contributed by atoms with van der Waals surface area (Å²) in [5.74, 6) is -0.404. The minimum absolute atomic E-state index is 0.0239. The third kappa shape index (κ3) is 3.90. The third-order valence-electron chi connectivity index (χ3n) is 4.36. The Kier molecular flexibility index (Phi) is 5.12. The lowest BCUT2D eigenvalue weighted by molar-refractivity contribution is -0.152. The van der Waals surface area contributed by atoms with Crippen LogP contribution in [-0.4, -0.2) is 33.5 Å². The number of aryl methyl sites for hydroxylation is 2. The number of nitrogens with zero attached hydrogens (tertiary/aromatic N) is 3. The first-order valence-corrected chi connectivity index (χ1v) is 9.95. The van der Waals surface area contributed by atoms with Crippen LogP contribution in [-0.2, 0) is 16.1 Å². The number of esters is 1. The lowest BCUT2D eigenvalue weighted by Crippen LogP contribution is -2.39. The number of hydrogen-bond donors (Lipinski definition) is 0. The molecule has 3 rings (SSSR count). The molecule has 0 saturated heterocycles. The van der Waals surface area contributed by atoms with Crippen molar-refractivity contribution in [3.8, 4) is 0 Å². The van der Waals surface area contributed by atoms with Gasteiger partial charge in [-0.1, -0.05) is 0 Å². The lowest BCUT2D eigenvalue weighted by Gasteiger charge is -2.18. The van der Waals surface area contributed by atoms with Crippen LogP contribution in [0.3, 0.4) is 0 Å². The molecule has 0 amide bonds. The first kappa shape index (κ1) is 19.5. The van der Waals surface area contributed by atoms with Gasteiger partial charge in [0, 0.05) is 18.8 Å². The molecule has 8 heteroatoms. The maximum absolute atomic E-state index is 12.9. The summed E-state index contributed by atoms with van der Waals surface area (Å²) in [7, 11) is 0. The Bertz CT molecular complexity index is 1030. The molecule has 0 spiro atoms. The number of fused-ring (bicyclic) bond motifs is 1. The Labute approximate surface area is 161 Å². The maximum Gasteiger partial charge on any atom is 0.332 e. The fourth-order valence-electron chi connectivity index (χ4n) is 3.02. The highest BCUT2D eigenvalue weighted by Gasteiger charge is 2.30. The van der Waals surface area contributed by atoms with Gasteiger partial charge in [-0.25, -0.2) is 4.79 Å². The molecule has 1 saturated carbocycles. The van der Waals surface area contributed by atoms with Crippen LogP contribution in [0.4, 0.5) is 0 Å². The molecule has 0 bridgehead atoms. The SMILES string of the molecule is CCn1c(=O)n(C2CC2)c(=O)c2c(C)c(C=NCC(=O)OC(C)(C)C)sc21. The zero-order valence-corrected chi connectivity index (χ0v) is 17.2. The molecule has 0 radical (unpaired) electrons. The van der Waals surface area contributed by atoms with E-state index in [0.29, 0.717) is 16.8 Å². The highest BCUT2D eigenvalue weighted by atomic mass is 32.1. The van der Waals surface area contributed by atoms with Crippen LogP contribution in [0.25, 0.3) is 10.2 Å². The van der Waals surface area contributed by atoms with Crippen LogP contribution in [0.5, 0.6) is 0 Å². The van der Waals surface area contributed by atoms with Crippen LogP contribution in [0.1, 0.15) is 57.0 Å². The van der Waals surface area contributed by atoms with Gasteiger partial charge in [0.2, 0.25) is 0 Å². The molecule has 2 heterocycles. The van der Waals surface area contributed by atoms with E-state index in [9.17, 15) is 14.4 Å². The van der Waals surface area contributed by atoms with Crippen molar-refractivity contribution in [2.75, 3.05) is 6.54 Å². The van der Waals surface area contributed by atoms with Crippen LogP contribution in [0.15, 0.2) is 14.6 Å². The van der Waals surface area contributed by atoms with Crippen molar-refractivity contribution in [3.05, 3.63) is 31.3 Å². The summed E-state index contributed by atoms with van der Waals surface area (Å²) in [6.07, 6.45) is 3.34. The summed E-state index contributed by atoms with van der Waals surface area (Å²) >= 11 is 1.36. The van der Waals surface area contributed by atoms with E-state index in [0.717, 1.165) is 23.3 Å². The Morgan fingerprint density at radius 2 is 2.00 bits per heavy atom. The molecule has 2 aromatic rings. The number of hydrogen-bond acceptors (Lipinski definition) is 6. The fourth-order valence-corrected chi connectivity index (χ4v) is 4.27. The Morgan fingerprint density at radius 3 is 2.56 bits per heavy atom. The van der Waals surface area contributed by atoms with Crippen LogP contribution in [0.2, 0.25) is 0 Å². The Hall–Kier alpha value is -2.22. The van der Waals surface area contributed by atoms with Gasteiger partial charge >= 0.3 is 11.7 Å². The number of thiophene rings is 1. The summed E-state index contributed by atoms with van der Waals surface area (Å²) in [5, 5.41) is 0.576. The average molecular weight is 391 g/mol. The predicted octanol–water partition coefficient (Wildman–Crippen LogP) is 2.65. The van der Waals surface area contributed by atoms with E-state index >= 15 is 0 Å². The molecule has 7 nitrogen and oxygen atoms in total. The number of carbonyl (C=O) groups excluding carboxylic acids is 1. The molecule has 2 aromatic heterocycles. The van der Waals surface area contributed by atoms with Gasteiger partial charge < -0.3 is 4.74 Å². The van der Waals surface area contributed by atoms with Crippen LogP contribution in [0, 0.1) is 6.92 Å². The molecule has 27 heavy (non-hydrogen) atoms. The zero-order valence-electron chi connectivity index (χ0n) is 16.4. The summed E-state index contributed by atoms with van der Waals surface area (Å²) < 4.78 is 8.28. The normalized spacial score (nSPS) is 15.0. The van der Waals surface area contributed by atoms with Crippen molar-refractivity contribution in [2.24, 2.45) is 4.99 Å². The molecule has 0 atom stereocenters. The number of ether oxygens (including phenoxy) is 1. The summed E-state index contributed by atoms with van der Waals surface area (Å²) in [6.45, 7) is 9.58. The highest BCUT2D eigenvalue weighted by molar-refractivity contribution is 7.20. The van der Waals surface area contributed by atoms with Crippen molar-refractivity contribution >= 4 is 33.7 Å². The molecule has 0 aliphatic heterocycles. The molecule has 1 fully saturated rings. The quantitative estimate of drug-likeness (QED) is 0.579. The second-order valence-electron chi connectivity index (χ2n) is 7.76. The van der Waals surface area contributed by atoms with E-state index in [-0.39, 0.29) is 23.8 Å². The predicted molar refractivity (Wildman–Crippen MR) is 107 cm³/mol. The van der Waals surface area contributed by atoms with Gasteiger partial charge in [-0.3, -0.25) is 23.7 Å². The van der Waals surface area contributed by atoms with Gasteiger partial charge in [-0.05, 0) is 53.0 Å². The molecule has 146 valence electrons. The van der Waals surface area contributed by atoms with Crippen molar-refractivity contribution < 1.29 is 9.53 Å². The van der Waals surface area contributed by atoms with Gasteiger partial charge in [0.15, 0.2) is 0 Å². The second kappa shape index (κ2) is 7.07. The number of aromatic nitrogens is 2. The minimum Gasteiger partial charge on any atom is -0.459 e. The van der Waals surface area contributed by atoms with E-state index in [1.165, 1.54) is 15.9 Å². The monoisotopic (exact) mass is 391 g/mol. The Morgan fingerprint density at radius 1 is 1.33 bits per heavy atom. The molecular formula is C19H25N3O4S. The zero-order chi connectivity index (χ0) is 19.9. The van der Waals surface area contributed by atoms with E-state index in [1.54, 1.807) is 31.6 Å². The van der Waals surface area contributed by atoms with Crippen molar-refractivity contribution in [2.45, 2.75) is 65.6 Å².